The number of hydrogen-bond acceptors (Lipinski definition) is 10. The van der Waals surface area contributed by atoms with Crippen LogP contribution in [-0.4, -0.2) is 129 Å². The molecule has 0 amide bonds. The summed E-state index contributed by atoms with van der Waals surface area (Å²) in [6.07, 6.45) is 7.82. The first kappa shape index (κ1) is 35.6. The molecule has 0 aliphatic heterocycles. The van der Waals surface area contributed by atoms with Crippen LogP contribution in [0.2, 0.25) is 0 Å². The van der Waals surface area contributed by atoms with Crippen LogP contribution >= 0.6 is 0 Å². The van der Waals surface area contributed by atoms with Gasteiger partial charge in [0.2, 0.25) is 0 Å². The Kier molecular flexibility index (Phi) is 32.3. The highest BCUT2D eigenvalue weighted by atomic mass is 16.6. The van der Waals surface area contributed by atoms with Crippen molar-refractivity contribution in [1.82, 2.24) is 0 Å². The van der Waals surface area contributed by atoms with E-state index in [-0.39, 0.29) is 12.7 Å². The van der Waals surface area contributed by atoms with Gasteiger partial charge in [-0.05, 0) is 6.42 Å². The van der Waals surface area contributed by atoms with Crippen molar-refractivity contribution in [2.24, 2.45) is 0 Å². The zero-order valence-electron chi connectivity index (χ0n) is 22.7. The number of rotatable bonds is 32. The largest absolute Gasteiger partial charge is 0.394 e. The van der Waals surface area contributed by atoms with Crippen molar-refractivity contribution < 1.29 is 48.1 Å². The molecule has 0 aromatic heterocycles. The molecule has 1 unspecified atom stereocenters. The van der Waals surface area contributed by atoms with E-state index >= 15 is 0 Å². The zero-order valence-corrected chi connectivity index (χ0v) is 22.7. The molecule has 0 fully saturated rings. The van der Waals surface area contributed by atoms with Gasteiger partial charge in [0.15, 0.2) is 0 Å². The normalized spacial score (nSPS) is 12.4. The lowest BCUT2D eigenvalue weighted by Crippen LogP contribution is -2.18. The van der Waals surface area contributed by atoms with E-state index in [1.54, 1.807) is 0 Å². The molecule has 0 aliphatic carbocycles. The first-order valence-electron chi connectivity index (χ1n) is 13.7. The molecule has 2 N–H and O–H groups in total. The van der Waals surface area contributed by atoms with Crippen molar-refractivity contribution >= 4 is 0 Å². The van der Waals surface area contributed by atoms with Crippen LogP contribution in [0.15, 0.2) is 0 Å². The average molecular weight is 527 g/mol. The second kappa shape index (κ2) is 32.6. The van der Waals surface area contributed by atoms with Crippen LogP contribution in [0, 0.1) is 0 Å². The summed E-state index contributed by atoms with van der Waals surface area (Å²) in [6, 6.07) is 0. The average Bonchev–Trinajstić information content (AvgIpc) is 2.88. The molecule has 0 rings (SSSR count). The molecule has 10 nitrogen and oxygen atoms in total. The maximum atomic E-state index is 9.91. The fourth-order valence-corrected chi connectivity index (χ4v) is 3.07. The van der Waals surface area contributed by atoms with Crippen LogP contribution in [0.1, 0.15) is 51.9 Å². The molecular weight excluding hydrogens is 472 g/mol. The molecule has 36 heavy (non-hydrogen) atoms. The minimum atomic E-state index is -0.376. The minimum absolute atomic E-state index is 0.0292. The smallest absolute Gasteiger partial charge is 0.0773 e. The Bertz CT molecular complexity index is 390. The monoisotopic (exact) mass is 526 g/mol. The highest BCUT2D eigenvalue weighted by Gasteiger charge is 2.04. The quantitative estimate of drug-likeness (QED) is 0.126. The first-order chi connectivity index (χ1) is 17.8. The van der Waals surface area contributed by atoms with Gasteiger partial charge in [-0.2, -0.15) is 0 Å². The molecule has 1 atom stereocenters. The van der Waals surface area contributed by atoms with Crippen molar-refractivity contribution in [2.75, 3.05) is 112 Å². The Hall–Kier alpha value is -0.400. The summed E-state index contributed by atoms with van der Waals surface area (Å²) in [5, 5.41) is 18.5. The summed E-state index contributed by atoms with van der Waals surface area (Å²) in [5.41, 5.74) is 0. The molecule has 10 heteroatoms. The van der Waals surface area contributed by atoms with E-state index in [4.69, 9.17) is 43.0 Å². The number of hydrogen-bond donors (Lipinski definition) is 2. The number of ether oxygens (including phenoxy) is 8. The molecule has 0 aromatic rings. The summed E-state index contributed by atoms with van der Waals surface area (Å²) in [7, 11) is 0. The molecule has 0 heterocycles. The summed E-state index contributed by atoms with van der Waals surface area (Å²) in [5.74, 6) is 0. The maximum absolute atomic E-state index is 9.91. The van der Waals surface area contributed by atoms with E-state index in [0.717, 1.165) is 12.8 Å². The van der Waals surface area contributed by atoms with Crippen LogP contribution in [0.5, 0.6) is 0 Å². The molecule has 0 spiro atoms. The number of aliphatic hydroxyl groups is 2. The summed E-state index contributed by atoms with van der Waals surface area (Å²) >= 11 is 0. The van der Waals surface area contributed by atoms with Gasteiger partial charge in [-0.3, -0.25) is 0 Å². The highest BCUT2D eigenvalue weighted by molar-refractivity contribution is 4.55. The second-order valence-corrected chi connectivity index (χ2v) is 8.30. The van der Waals surface area contributed by atoms with Gasteiger partial charge >= 0.3 is 0 Å². The van der Waals surface area contributed by atoms with Crippen molar-refractivity contribution in [3.8, 4) is 0 Å². The van der Waals surface area contributed by atoms with Gasteiger partial charge in [0.05, 0.1) is 118 Å². The predicted octanol–water partition coefficient (Wildman–Crippen LogP) is 2.22. The molecule has 0 aliphatic rings. The summed E-state index contributed by atoms with van der Waals surface area (Å²) in [6.45, 7) is 10.0. The van der Waals surface area contributed by atoms with Gasteiger partial charge in [-0.25, -0.2) is 0 Å². The van der Waals surface area contributed by atoms with Gasteiger partial charge < -0.3 is 48.1 Å². The maximum Gasteiger partial charge on any atom is 0.0773 e. The Balaban J connectivity index is 3.08. The molecule has 218 valence electrons. The van der Waals surface area contributed by atoms with E-state index in [2.05, 4.69) is 6.92 Å². The Morgan fingerprint density at radius 3 is 1.17 bits per heavy atom. The minimum Gasteiger partial charge on any atom is -0.394 e. The lowest BCUT2D eigenvalue weighted by molar-refractivity contribution is -0.0278. The number of unbranched alkanes of at least 4 members (excludes halogenated alkanes) is 5. The van der Waals surface area contributed by atoms with Gasteiger partial charge in [-0.15, -0.1) is 0 Å². The van der Waals surface area contributed by atoms with Crippen LogP contribution in [0.3, 0.4) is 0 Å². The lowest BCUT2D eigenvalue weighted by atomic mass is 10.1. The van der Waals surface area contributed by atoms with E-state index in [1.807, 2.05) is 0 Å². The number of aliphatic hydroxyl groups excluding tert-OH is 2. The Morgan fingerprint density at radius 2 is 0.778 bits per heavy atom. The topological polar surface area (TPSA) is 114 Å². The highest BCUT2D eigenvalue weighted by Crippen LogP contribution is 2.08. The van der Waals surface area contributed by atoms with Crippen LogP contribution in [0.25, 0.3) is 0 Å². The third kappa shape index (κ3) is 31.6. The van der Waals surface area contributed by atoms with Crippen LogP contribution < -0.4 is 0 Å². The summed E-state index contributed by atoms with van der Waals surface area (Å²) < 4.78 is 43.0. The summed E-state index contributed by atoms with van der Waals surface area (Å²) in [4.78, 5) is 0. The van der Waals surface area contributed by atoms with Crippen molar-refractivity contribution in [3.05, 3.63) is 0 Å². The van der Waals surface area contributed by atoms with Gasteiger partial charge in [0.25, 0.3) is 0 Å². The van der Waals surface area contributed by atoms with Crippen LogP contribution in [-0.2, 0) is 37.9 Å². The van der Waals surface area contributed by atoms with Gasteiger partial charge in [-0.1, -0.05) is 45.4 Å². The first-order valence-corrected chi connectivity index (χ1v) is 13.7. The van der Waals surface area contributed by atoms with Crippen molar-refractivity contribution in [2.45, 2.75) is 58.0 Å². The predicted molar refractivity (Wildman–Crippen MR) is 138 cm³/mol. The molecule has 0 aromatic carbocycles. The standard InChI is InChI=1S/C26H54O10/c1-2-3-4-5-6-7-8-26(28)25-36-24-23-35-22-21-34-20-19-33-18-17-32-16-15-31-14-13-30-12-11-29-10-9-27/h26-28H,2-25H2,1H3. The van der Waals surface area contributed by atoms with Gasteiger partial charge in [0, 0.05) is 0 Å². The van der Waals surface area contributed by atoms with Crippen molar-refractivity contribution in [1.29, 1.82) is 0 Å². The Morgan fingerprint density at radius 1 is 0.444 bits per heavy atom. The van der Waals surface area contributed by atoms with E-state index in [9.17, 15) is 5.11 Å². The fraction of sp³-hybridized carbons (Fsp3) is 1.00. The fourth-order valence-electron chi connectivity index (χ4n) is 3.07. The van der Waals surface area contributed by atoms with E-state index in [1.165, 1.54) is 32.1 Å². The third-order valence-corrected chi connectivity index (χ3v) is 5.04. The lowest BCUT2D eigenvalue weighted by Gasteiger charge is -2.11. The van der Waals surface area contributed by atoms with E-state index < -0.39 is 0 Å². The second-order valence-electron chi connectivity index (χ2n) is 8.30. The molecule has 0 bridgehead atoms. The third-order valence-electron chi connectivity index (χ3n) is 5.04. The zero-order chi connectivity index (χ0) is 26.2. The van der Waals surface area contributed by atoms with Gasteiger partial charge in [0.1, 0.15) is 0 Å². The van der Waals surface area contributed by atoms with E-state index in [0.29, 0.717) is 106 Å². The Labute approximate surface area is 218 Å². The molecule has 0 radical (unpaired) electrons. The molecule has 0 saturated heterocycles. The molecule has 0 saturated carbocycles. The van der Waals surface area contributed by atoms with Crippen molar-refractivity contribution in [3.63, 3.8) is 0 Å². The van der Waals surface area contributed by atoms with Crippen LogP contribution in [0.4, 0.5) is 0 Å². The SMILES string of the molecule is CCCCCCCCC(O)COCCOCCOCCOCCOCCOCCOCCOCCO. The molecular formula is C26H54O10.